The predicted molar refractivity (Wildman–Crippen MR) is 118 cm³/mol. The van der Waals surface area contributed by atoms with Crippen molar-refractivity contribution in [1.29, 1.82) is 0 Å². The fraction of sp³-hybridized carbons (Fsp3) is 0.143. The first-order chi connectivity index (χ1) is 14.4. The number of nitrogens with zero attached hydrogens (tertiary/aromatic N) is 1. The van der Waals surface area contributed by atoms with Crippen molar-refractivity contribution in [3.05, 3.63) is 77.1 Å². The Kier molecular flexibility index (Phi) is 7.09. The van der Waals surface area contributed by atoms with Crippen LogP contribution in [0.3, 0.4) is 0 Å². The van der Waals surface area contributed by atoms with Crippen LogP contribution in [0.1, 0.15) is 26.3 Å². The van der Waals surface area contributed by atoms with Crippen LogP contribution in [0.15, 0.2) is 58.8 Å². The number of thiophene rings is 1. The highest BCUT2D eigenvalue weighted by atomic mass is 32.2. The Hall–Kier alpha value is -2.88. The smallest absolute Gasteiger partial charge is 0.259 e. The highest BCUT2D eigenvalue weighted by Gasteiger charge is 2.19. The van der Waals surface area contributed by atoms with Crippen molar-refractivity contribution in [3.8, 4) is 5.75 Å². The number of carbonyl (C=O) groups is 2. The van der Waals surface area contributed by atoms with Crippen molar-refractivity contribution >= 4 is 40.1 Å². The lowest BCUT2D eigenvalue weighted by Crippen LogP contribution is -2.17. The lowest BCUT2D eigenvalue weighted by Gasteiger charge is -2.14. The van der Waals surface area contributed by atoms with Gasteiger partial charge in [0.1, 0.15) is 16.6 Å². The van der Waals surface area contributed by atoms with E-state index >= 15 is 0 Å². The third-order valence-corrected chi connectivity index (χ3v) is 6.19. The first-order valence-electron chi connectivity index (χ1n) is 8.89. The summed E-state index contributed by atoms with van der Waals surface area (Å²) in [4.78, 5) is 24.2. The number of hydrogen-bond donors (Lipinski definition) is 2. The van der Waals surface area contributed by atoms with Crippen LogP contribution < -0.4 is 15.8 Å². The van der Waals surface area contributed by atoms with Gasteiger partial charge >= 0.3 is 0 Å². The van der Waals surface area contributed by atoms with E-state index in [2.05, 4.69) is 5.32 Å². The monoisotopic (exact) mass is 445 g/mol. The molecule has 0 aliphatic rings. The molecule has 0 spiro atoms. The molecular weight excluding hydrogens is 425 g/mol. The third kappa shape index (κ3) is 5.38. The van der Waals surface area contributed by atoms with Crippen molar-refractivity contribution < 1.29 is 18.7 Å². The first kappa shape index (κ1) is 21.8. The molecule has 2 aromatic carbocycles. The van der Waals surface area contributed by atoms with Gasteiger partial charge in [0, 0.05) is 6.54 Å². The second kappa shape index (κ2) is 9.75. The van der Waals surface area contributed by atoms with Gasteiger partial charge in [-0.3, -0.25) is 9.59 Å². The average Bonchev–Trinajstić information content (AvgIpc) is 3.11. The van der Waals surface area contributed by atoms with Crippen molar-refractivity contribution in [2.75, 3.05) is 19.5 Å². The topological polar surface area (TPSA) is 84.7 Å². The van der Waals surface area contributed by atoms with Gasteiger partial charge in [-0.1, -0.05) is 24.3 Å². The summed E-state index contributed by atoms with van der Waals surface area (Å²) in [5.41, 5.74) is 6.63. The number of rotatable bonds is 8. The summed E-state index contributed by atoms with van der Waals surface area (Å²) >= 11 is 2.62. The number of hydrogen-bond acceptors (Lipinski definition) is 6. The fourth-order valence-electron chi connectivity index (χ4n) is 2.68. The molecule has 30 heavy (non-hydrogen) atoms. The molecule has 156 valence electrons. The zero-order chi connectivity index (χ0) is 21.7. The average molecular weight is 446 g/mol. The van der Waals surface area contributed by atoms with Crippen LogP contribution in [0.5, 0.6) is 5.75 Å². The van der Waals surface area contributed by atoms with Crippen molar-refractivity contribution in [1.82, 2.24) is 4.31 Å². The van der Waals surface area contributed by atoms with Gasteiger partial charge in [0.25, 0.3) is 11.8 Å². The molecule has 1 heterocycles. The third-order valence-electron chi connectivity index (χ3n) is 4.13. The first-order valence-corrected chi connectivity index (χ1v) is 10.5. The normalized spacial score (nSPS) is 10.8. The predicted octanol–water partition coefficient (Wildman–Crippen LogP) is 4.39. The van der Waals surface area contributed by atoms with Gasteiger partial charge in [0.15, 0.2) is 0 Å². The van der Waals surface area contributed by atoms with Crippen molar-refractivity contribution in [2.45, 2.75) is 10.8 Å². The molecule has 0 radical (unpaired) electrons. The van der Waals surface area contributed by atoms with Crippen LogP contribution in [-0.4, -0.2) is 30.3 Å². The van der Waals surface area contributed by atoms with Gasteiger partial charge in [-0.25, -0.2) is 8.70 Å². The van der Waals surface area contributed by atoms with Gasteiger partial charge in [0.05, 0.1) is 22.4 Å². The Balaban J connectivity index is 1.72. The van der Waals surface area contributed by atoms with E-state index in [1.165, 1.54) is 41.5 Å². The number of primary amides is 1. The number of methoxy groups -OCH3 is 1. The number of amides is 2. The number of anilines is 1. The van der Waals surface area contributed by atoms with Crippen molar-refractivity contribution in [2.24, 2.45) is 5.73 Å². The van der Waals surface area contributed by atoms with E-state index < -0.39 is 17.6 Å². The number of nitrogens with one attached hydrogen (secondary N) is 1. The van der Waals surface area contributed by atoms with Gasteiger partial charge in [-0.05, 0) is 54.9 Å². The van der Waals surface area contributed by atoms with E-state index in [9.17, 15) is 14.0 Å². The molecule has 0 aliphatic carbocycles. The van der Waals surface area contributed by atoms with E-state index in [4.69, 9.17) is 10.5 Å². The minimum absolute atomic E-state index is 0.104. The van der Waals surface area contributed by atoms with Crippen LogP contribution in [0.2, 0.25) is 0 Å². The number of carbonyl (C=O) groups excluding carboxylic acids is 2. The zero-order valence-corrected chi connectivity index (χ0v) is 18.0. The van der Waals surface area contributed by atoms with Crippen LogP contribution >= 0.6 is 23.3 Å². The van der Waals surface area contributed by atoms with Crippen molar-refractivity contribution in [3.63, 3.8) is 0 Å². The Morgan fingerprint density at radius 2 is 1.87 bits per heavy atom. The Morgan fingerprint density at radius 1 is 1.17 bits per heavy atom. The molecule has 0 unspecified atom stereocenters. The molecular formula is C21H20FN3O3S2. The SMILES string of the molecule is COc1ccc(CN(C)Sc2cc(C(N)=O)c(NC(=O)c3ccccc3F)s2)cc1. The van der Waals surface area contributed by atoms with Crippen LogP contribution in [0, 0.1) is 5.82 Å². The molecule has 0 fully saturated rings. The van der Waals surface area contributed by atoms with Gasteiger partial charge < -0.3 is 15.8 Å². The lowest BCUT2D eigenvalue weighted by molar-refractivity contribution is 0.100. The standard InChI is InChI=1S/C21H20FN3O3S2/c1-25(12-13-7-9-14(28-2)10-8-13)30-18-11-16(19(23)26)21(29-18)24-20(27)15-5-3-4-6-17(15)22/h3-11H,12H2,1-2H3,(H2,23,26)(H,24,27). The summed E-state index contributed by atoms with van der Waals surface area (Å²) in [7, 11) is 3.53. The van der Waals surface area contributed by atoms with Crippen LogP contribution in [0.4, 0.5) is 9.39 Å². The molecule has 0 saturated carbocycles. The Labute approximate surface area is 182 Å². The van der Waals surface area contributed by atoms with Gasteiger partial charge in [0.2, 0.25) is 0 Å². The Morgan fingerprint density at radius 3 is 2.50 bits per heavy atom. The molecule has 3 aromatic rings. The Bertz CT molecular complexity index is 1050. The molecule has 3 N–H and O–H groups in total. The zero-order valence-electron chi connectivity index (χ0n) is 16.3. The highest BCUT2D eigenvalue weighted by molar-refractivity contribution is 7.99. The molecule has 0 bridgehead atoms. The maximum Gasteiger partial charge on any atom is 0.259 e. The van der Waals surface area contributed by atoms with Crippen LogP contribution in [-0.2, 0) is 6.54 Å². The minimum atomic E-state index is -0.667. The molecule has 6 nitrogen and oxygen atoms in total. The highest BCUT2D eigenvalue weighted by Crippen LogP contribution is 2.36. The molecule has 2 amide bonds. The quantitative estimate of drug-likeness (QED) is 0.503. The molecule has 1 aromatic heterocycles. The van der Waals surface area contributed by atoms with E-state index in [0.717, 1.165) is 15.5 Å². The number of nitrogens with two attached hydrogens (primary N) is 1. The second-order valence-corrected chi connectivity index (χ2v) is 8.89. The fourth-order valence-corrected chi connectivity index (χ4v) is 4.94. The summed E-state index contributed by atoms with van der Waals surface area (Å²) in [6, 6.07) is 15.0. The largest absolute Gasteiger partial charge is 0.497 e. The van der Waals surface area contributed by atoms with Crippen LogP contribution in [0.25, 0.3) is 0 Å². The summed E-state index contributed by atoms with van der Waals surface area (Å²) in [6.07, 6.45) is 0. The van der Waals surface area contributed by atoms with E-state index in [0.29, 0.717) is 6.54 Å². The molecule has 0 aliphatic heterocycles. The van der Waals surface area contributed by atoms with E-state index in [1.807, 2.05) is 35.6 Å². The molecule has 0 atom stereocenters. The number of ether oxygens (including phenoxy) is 1. The second-order valence-electron chi connectivity index (χ2n) is 6.33. The van der Waals surface area contributed by atoms with E-state index in [1.54, 1.807) is 19.2 Å². The molecule has 9 heteroatoms. The summed E-state index contributed by atoms with van der Waals surface area (Å²) < 4.78 is 21.8. The number of halogens is 1. The lowest BCUT2D eigenvalue weighted by atomic mass is 10.2. The maximum absolute atomic E-state index is 13.9. The number of benzene rings is 2. The van der Waals surface area contributed by atoms with E-state index in [-0.39, 0.29) is 16.1 Å². The molecule has 3 rings (SSSR count). The van der Waals surface area contributed by atoms with Gasteiger partial charge in [-0.15, -0.1) is 11.3 Å². The maximum atomic E-state index is 13.9. The van der Waals surface area contributed by atoms with Gasteiger partial charge in [-0.2, -0.15) is 0 Å². The summed E-state index contributed by atoms with van der Waals surface area (Å²) in [5.74, 6) is -1.16. The summed E-state index contributed by atoms with van der Waals surface area (Å²) in [6.45, 7) is 0.648. The molecule has 0 saturated heterocycles. The minimum Gasteiger partial charge on any atom is -0.497 e. The summed E-state index contributed by atoms with van der Waals surface area (Å²) in [5, 5.41) is 2.89.